The molecular formula is C33H41NO5Si. The topological polar surface area (TPSA) is 65.1 Å². The lowest BCUT2D eigenvalue weighted by Crippen LogP contribution is -2.67. The van der Waals surface area contributed by atoms with E-state index in [1.807, 2.05) is 47.4 Å². The molecule has 0 unspecified atom stereocenters. The van der Waals surface area contributed by atoms with E-state index in [1.54, 1.807) is 0 Å². The van der Waals surface area contributed by atoms with E-state index in [-0.39, 0.29) is 42.2 Å². The summed E-state index contributed by atoms with van der Waals surface area (Å²) in [6.07, 6.45) is 1.98. The van der Waals surface area contributed by atoms with E-state index in [0.29, 0.717) is 13.0 Å². The highest BCUT2D eigenvalue weighted by Crippen LogP contribution is 2.38. The Hall–Kier alpha value is -3.42. The van der Waals surface area contributed by atoms with E-state index in [2.05, 4.69) is 69.3 Å². The van der Waals surface area contributed by atoms with Crippen LogP contribution >= 0.6 is 0 Å². The number of benzene rings is 3. The monoisotopic (exact) mass is 559 g/mol. The molecule has 1 aliphatic rings. The normalized spacial score (nSPS) is 17.4. The van der Waals surface area contributed by atoms with Crippen molar-refractivity contribution in [3.63, 3.8) is 0 Å². The van der Waals surface area contributed by atoms with Crippen LogP contribution in [-0.2, 0) is 25.3 Å². The summed E-state index contributed by atoms with van der Waals surface area (Å²) in [5.74, 6) is -0.274. The van der Waals surface area contributed by atoms with Crippen molar-refractivity contribution < 1.29 is 23.5 Å². The van der Waals surface area contributed by atoms with Crippen molar-refractivity contribution in [2.45, 2.75) is 70.2 Å². The molecular weight excluding hydrogens is 518 g/mol. The van der Waals surface area contributed by atoms with Crippen molar-refractivity contribution in [1.29, 1.82) is 0 Å². The first-order chi connectivity index (χ1) is 19.3. The highest BCUT2D eigenvalue weighted by molar-refractivity contribution is 6.99. The van der Waals surface area contributed by atoms with Crippen LogP contribution in [0, 0.1) is 0 Å². The van der Waals surface area contributed by atoms with Gasteiger partial charge in [0.15, 0.2) is 0 Å². The first kappa shape index (κ1) is 29.6. The van der Waals surface area contributed by atoms with E-state index in [1.165, 1.54) is 17.5 Å². The number of hydrogen-bond acceptors (Lipinski definition) is 5. The zero-order valence-corrected chi connectivity index (χ0v) is 25.0. The van der Waals surface area contributed by atoms with E-state index in [9.17, 15) is 9.59 Å². The molecule has 0 aliphatic carbocycles. The van der Waals surface area contributed by atoms with Gasteiger partial charge in [0, 0.05) is 12.5 Å². The van der Waals surface area contributed by atoms with Gasteiger partial charge >= 0.3 is 12.1 Å². The molecule has 0 saturated carbocycles. The summed E-state index contributed by atoms with van der Waals surface area (Å²) in [6.45, 7) is 7.33. The lowest BCUT2D eigenvalue weighted by atomic mass is 10.1. The van der Waals surface area contributed by atoms with Crippen LogP contribution in [-0.4, -0.2) is 51.1 Å². The van der Waals surface area contributed by atoms with Crippen molar-refractivity contribution in [2.75, 3.05) is 13.7 Å². The predicted octanol–water partition coefficient (Wildman–Crippen LogP) is 5.69. The summed E-state index contributed by atoms with van der Waals surface area (Å²) in [5, 5.41) is 2.23. The third-order valence-electron chi connectivity index (χ3n) is 7.85. The van der Waals surface area contributed by atoms with Crippen LogP contribution in [0.4, 0.5) is 4.79 Å². The molecule has 0 aromatic heterocycles. The summed E-state index contributed by atoms with van der Waals surface area (Å²) in [4.78, 5) is 27.3. The Morgan fingerprint density at radius 1 is 0.825 bits per heavy atom. The fourth-order valence-electron chi connectivity index (χ4n) is 5.87. The molecule has 4 rings (SSSR count). The van der Waals surface area contributed by atoms with Crippen LogP contribution in [0.2, 0.25) is 5.04 Å². The number of esters is 1. The summed E-state index contributed by atoms with van der Waals surface area (Å²) in [5.41, 5.74) is 0.932. The van der Waals surface area contributed by atoms with E-state index >= 15 is 0 Å². The molecule has 1 saturated heterocycles. The molecule has 212 valence electrons. The summed E-state index contributed by atoms with van der Waals surface area (Å²) in [7, 11) is -1.38. The molecule has 0 N–H and O–H groups in total. The number of likely N-dealkylation sites (tertiary alicyclic amines) is 1. The second kappa shape index (κ2) is 13.3. The number of carbonyl (C=O) groups excluding carboxylic acids is 2. The van der Waals surface area contributed by atoms with Crippen molar-refractivity contribution in [3.8, 4) is 0 Å². The Balaban J connectivity index is 1.62. The van der Waals surface area contributed by atoms with Gasteiger partial charge in [0.2, 0.25) is 0 Å². The third kappa shape index (κ3) is 6.65. The Morgan fingerprint density at radius 3 is 1.88 bits per heavy atom. The zero-order chi connectivity index (χ0) is 28.6. The summed E-state index contributed by atoms with van der Waals surface area (Å²) in [6, 6.07) is 30.4. The van der Waals surface area contributed by atoms with Gasteiger partial charge in [0.05, 0.1) is 19.8 Å². The van der Waals surface area contributed by atoms with Gasteiger partial charge in [-0.25, -0.2) is 4.79 Å². The smallest absolute Gasteiger partial charge is 0.410 e. The molecule has 3 aromatic rings. The minimum Gasteiger partial charge on any atom is -0.469 e. The number of nitrogens with zero attached hydrogens (tertiary/aromatic N) is 1. The Labute approximate surface area is 239 Å². The Bertz CT molecular complexity index is 1190. The van der Waals surface area contributed by atoms with Gasteiger partial charge in [-0.15, -0.1) is 0 Å². The van der Waals surface area contributed by atoms with Gasteiger partial charge in [-0.1, -0.05) is 112 Å². The maximum atomic E-state index is 13.6. The van der Waals surface area contributed by atoms with Gasteiger partial charge in [-0.05, 0) is 40.2 Å². The van der Waals surface area contributed by atoms with E-state index in [0.717, 1.165) is 18.4 Å². The third-order valence-corrected chi connectivity index (χ3v) is 12.9. The molecule has 7 heteroatoms. The first-order valence-electron chi connectivity index (χ1n) is 14.1. The maximum Gasteiger partial charge on any atom is 0.410 e. The largest absolute Gasteiger partial charge is 0.469 e. The van der Waals surface area contributed by atoms with Gasteiger partial charge in [-0.2, -0.15) is 0 Å². The second-order valence-corrected chi connectivity index (χ2v) is 15.7. The molecule has 1 aliphatic heterocycles. The second-order valence-electron chi connectivity index (χ2n) is 11.4. The first-order valence-corrected chi connectivity index (χ1v) is 16.0. The van der Waals surface area contributed by atoms with Crippen molar-refractivity contribution in [3.05, 3.63) is 96.6 Å². The molecule has 1 heterocycles. The van der Waals surface area contributed by atoms with Crippen LogP contribution in [0.5, 0.6) is 0 Å². The molecule has 40 heavy (non-hydrogen) atoms. The van der Waals surface area contributed by atoms with Crippen LogP contribution in [0.3, 0.4) is 0 Å². The van der Waals surface area contributed by atoms with Crippen LogP contribution in [0.25, 0.3) is 0 Å². The number of carbonyl (C=O) groups is 2. The number of rotatable bonds is 10. The van der Waals surface area contributed by atoms with E-state index < -0.39 is 8.32 Å². The minimum atomic E-state index is -2.77. The number of ether oxygens (including phenoxy) is 2. The summed E-state index contributed by atoms with van der Waals surface area (Å²) >= 11 is 0. The number of hydrogen-bond donors (Lipinski definition) is 0. The standard InChI is InChI=1S/C33H41NO5Si/c1-33(2,3)40(29-16-10-6-11-17-29,30-18-12-7-13-19-30)39-25-28-21-20-27(22-23-31(35)37-4)34(28)32(36)38-24-26-14-8-5-9-15-26/h5-19,27-28H,20-25H2,1-4H3/t27-,28-/m0/s1. The minimum absolute atomic E-state index is 0.116. The SMILES string of the molecule is COC(=O)CC[C@@H]1CC[C@@H](CO[Si](c2ccccc2)(c2ccccc2)C(C)(C)C)N1C(=O)OCc1ccccc1. The van der Waals surface area contributed by atoms with Gasteiger partial charge in [-0.3, -0.25) is 9.69 Å². The fourth-order valence-corrected chi connectivity index (χ4v) is 10.5. The highest BCUT2D eigenvalue weighted by atomic mass is 28.4. The van der Waals surface area contributed by atoms with Crippen LogP contribution in [0.1, 0.15) is 52.0 Å². The lowest BCUT2D eigenvalue weighted by molar-refractivity contribution is -0.141. The average molecular weight is 560 g/mol. The predicted molar refractivity (Wildman–Crippen MR) is 160 cm³/mol. The maximum absolute atomic E-state index is 13.6. The van der Waals surface area contributed by atoms with Gasteiger partial charge in [0.25, 0.3) is 8.32 Å². The van der Waals surface area contributed by atoms with Crippen molar-refractivity contribution >= 4 is 30.8 Å². The molecule has 6 nitrogen and oxygen atoms in total. The molecule has 0 bridgehead atoms. The highest BCUT2D eigenvalue weighted by Gasteiger charge is 2.51. The van der Waals surface area contributed by atoms with Crippen LogP contribution < -0.4 is 10.4 Å². The molecule has 1 amide bonds. The Morgan fingerprint density at radius 2 is 1.35 bits per heavy atom. The zero-order valence-electron chi connectivity index (χ0n) is 24.0. The molecule has 0 spiro atoms. The quantitative estimate of drug-likeness (QED) is 0.236. The van der Waals surface area contributed by atoms with E-state index in [4.69, 9.17) is 13.9 Å². The fraction of sp³-hybridized carbons (Fsp3) is 0.394. The van der Waals surface area contributed by atoms with Crippen molar-refractivity contribution in [1.82, 2.24) is 4.90 Å². The summed E-state index contributed by atoms with van der Waals surface area (Å²) < 4.78 is 17.9. The Kier molecular flexibility index (Phi) is 9.82. The molecule has 0 radical (unpaired) electrons. The van der Waals surface area contributed by atoms with Gasteiger partial charge in [0.1, 0.15) is 6.61 Å². The number of methoxy groups -OCH3 is 1. The van der Waals surface area contributed by atoms with Crippen LogP contribution in [0.15, 0.2) is 91.0 Å². The lowest BCUT2D eigenvalue weighted by Gasteiger charge is -2.44. The average Bonchev–Trinajstić information content (AvgIpc) is 3.38. The van der Waals surface area contributed by atoms with Crippen molar-refractivity contribution in [2.24, 2.45) is 0 Å². The van der Waals surface area contributed by atoms with Gasteiger partial charge < -0.3 is 13.9 Å². The number of amides is 1. The molecule has 3 aromatic carbocycles. The molecule has 1 fully saturated rings. The molecule has 2 atom stereocenters.